The monoisotopic (exact) mass is 336 g/mol. The highest BCUT2D eigenvalue weighted by atomic mass is 35.5. The third-order valence-corrected chi connectivity index (χ3v) is 3.20. The molecule has 1 amide bonds. The Balaban J connectivity index is 0.00000242. The van der Waals surface area contributed by atoms with Gasteiger partial charge in [-0.3, -0.25) is 4.79 Å². The third kappa shape index (κ3) is 5.08. The molecule has 2 rings (SSSR count). The zero-order chi connectivity index (χ0) is 15.4. The highest BCUT2D eigenvalue weighted by molar-refractivity contribution is 5.85. The normalized spacial score (nSPS) is 21.8. The number of aliphatic hydroxyl groups is 1. The summed E-state index contributed by atoms with van der Waals surface area (Å²) in [5, 5.41) is 15.0. The van der Waals surface area contributed by atoms with Gasteiger partial charge in [0, 0.05) is 12.6 Å². The highest BCUT2D eigenvalue weighted by Crippen LogP contribution is 2.17. The molecule has 1 aliphatic heterocycles. The van der Waals surface area contributed by atoms with Crippen LogP contribution in [0, 0.1) is 11.6 Å². The van der Waals surface area contributed by atoms with Crippen LogP contribution in [0.5, 0.6) is 5.75 Å². The van der Waals surface area contributed by atoms with E-state index in [0.717, 1.165) is 12.1 Å². The predicted octanol–water partition coefficient (Wildman–Crippen LogP) is 0.993. The molecular formula is C14H19ClF2N2O3. The summed E-state index contributed by atoms with van der Waals surface area (Å²) < 4.78 is 31.3. The van der Waals surface area contributed by atoms with E-state index in [0.29, 0.717) is 13.0 Å². The smallest absolute Gasteiger partial charge is 0.237 e. The van der Waals surface area contributed by atoms with Crippen molar-refractivity contribution >= 4 is 18.3 Å². The van der Waals surface area contributed by atoms with Crippen LogP contribution in [0.25, 0.3) is 0 Å². The number of hydrogen-bond donors (Lipinski definition) is 3. The van der Waals surface area contributed by atoms with Crippen molar-refractivity contribution < 1.29 is 23.4 Å². The SMILES string of the molecule is CC(COc1ccc(F)cc1F)NC(=O)C1CC(O)CN1.Cl. The van der Waals surface area contributed by atoms with Crippen LogP contribution in [0.2, 0.25) is 0 Å². The molecule has 0 saturated carbocycles. The van der Waals surface area contributed by atoms with E-state index < -0.39 is 23.8 Å². The van der Waals surface area contributed by atoms with E-state index in [2.05, 4.69) is 10.6 Å². The number of amides is 1. The maximum absolute atomic E-state index is 13.4. The van der Waals surface area contributed by atoms with E-state index >= 15 is 0 Å². The van der Waals surface area contributed by atoms with Crippen LogP contribution in [0.1, 0.15) is 13.3 Å². The van der Waals surface area contributed by atoms with Crippen molar-refractivity contribution in [2.45, 2.75) is 31.5 Å². The fourth-order valence-corrected chi connectivity index (χ4v) is 2.11. The number of aliphatic hydroxyl groups excluding tert-OH is 1. The molecule has 3 atom stereocenters. The zero-order valence-corrected chi connectivity index (χ0v) is 12.8. The Labute approximate surface area is 133 Å². The van der Waals surface area contributed by atoms with Gasteiger partial charge in [-0.25, -0.2) is 8.78 Å². The van der Waals surface area contributed by atoms with Gasteiger partial charge in [0.15, 0.2) is 11.6 Å². The topological polar surface area (TPSA) is 70.6 Å². The maximum Gasteiger partial charge on any atom is 0.237 e. The molecule has 0 radical (unpaired) electrons. The summed E-state index contributed by atoms with van der Waals surface area (Å²) in [7, 11) is 0. The van der Waals surface area contributed by atoms with Crippen LogP contribution in [0.15, 0.2) is 18.2 Å². The first-order chi connectivity index (χ1) is 9.95. The Bertz CT molecular complexity index is 519. The number of benzene rings is 1. The molecule has 1 aromatic rings. The molecule has 0 aliphatic carbocycles. The maximum atomic E-state index is 13.4. The summed E-state index contributed by atoms with van der Waals surface area (Å²) in [6.07, 6.45) is -0.146. The second-order valence-corrected chi connectivity index (χ2v) is 5.15. The summed E-state index contributed by atoms with van der Waals surface area (Å²) in [5.41, 5.74) is 0. The van der Waals surface area contributed by atoms with Crippen LogP contribution in [0.3, 0.4) is 0 Å². The highest BCUT2D eigenvalue weighted by Gasteiger charge is 2.28. The molecule has 1 saturated heterocycles. The Hall–Kier alpha value is -1.44. The lowest BCUT2D eigenvalue weighted by atomic mass is 10.2. The van der Waals surface area contributed by atoms with Crippen LogP contribution in [-0.2, 0) is 4.79 Å². The molecular weight excluding hydrogens is 318 g/mol. The van der Waals surface area contributed by atoms with Gasteiger partial charge < -0.3 is 20.5 Å². The molecule has 0 aromatic heterocycles. The van der Waals surface area contributed by atoms with Crippen molar-refractivity contribution in [1.29, 1.82) is 0 Å². The Morgan fingerprint density at radius 2 is 2.27 bits per heavy atom. The summed E-state index contributed by atoms with van der Waals surface area (Å²) >= 11 is 0. The second-order valence-electron chi connectivity index (χ2n) is 5.15. The number of ether oxygens (including phenoxy) is 1. The second kappa shape index (κ2) is 8.26. The molecule has 1 aromatic carbocycles. The molecule has 1 fully saturated rings. The molecule has 3 unspecified atom stereocenters. The summed E-state index contributed by atoms with van der Waals surface area (Å²) in [6, 6.07) is 2.27. The van der Waals surface area contributed by atoms with Gasteiger partial charge in [0.1, 0.15) is 12.4 Å². The van der Waals surface area contributed by atoms with E-state index in [4.69, 9.17) is 4.74 Å². The number of carbonyl (C=O) groups excluding carboxylic acids is 1. The first kappa shape index (κ1) is 18.6. The molecule has 0 bridgehead atoms. The fraction of sp³-hybridized carbons (Fsp3) is 0.500. The van der Waals surface area contributed by atoms with Crippen molar-refractivity contribution in [3.8, 4) is 5.75 Å². The molecule has 124 valence electrons. The standard InChI is InChI=1S/C14H18F2N2O3.ClH/c1-8(18-14(20)12-5-10(19)6-17-12)7-21-13-3-2-9(15)4-11(13)16;/h2-4,8,10,12,17,19H,5-7H2,1H3,(H,18,20);1H. The lowest BCUT2D eigenvalue weighted by Crippen LogP contribution is -2.46. The minimum Gasteiger partial charge on any atom is -0.488 e. The summed E-state index contributed by atoms with van der Waals surface area (Å²) in [6.45, 7) is 2.16. The minimum atomic E-state index is -0.783. The molecule has 3 N–H and O–H groups in total. The molecule has 0 spiro atoms. The number of carbonyl (C=O) groups is 1. The molecule has 22 heavy (non-hydrogen) atoms. The van der Waals surface area contributed by atoms with Crippen molar-refractivity contribution in [2.75, 3.05) is 13.2 Å². The van der Waals surface area contributed by atoms with Crippen LogP contribution in [0.4, 0.5) is 8.78 Å². The largest absolute Gasteiger partial charge is 0.488 e. The van der Waals surface area contributed by atoms with Crippen LogP contribution < -0.4 is 15.4 Å². The fourth-order valence-electron chi connectivity index (χ4n) is 2.11. The van der Waals surface area contributed by atoms with Crippen LogP contribution >= 0.6 is 12.4 Å². The van der Waals surface area contributed by atoms with Gasteiger partial charge >= 0.3 is 0 Å². The summed E-state index contributed by atoms with van der Waals surface area (Å²) in [4.78, 5) is 11.9. The van der Waals surface area contributed by atoms with Gasteiger partial charge in [0.25, 0.3) is 0 Å². The van der Waals surface area contributed by atoms with Gasteiger partial charge in [-0.15, -0.1) is 12.4 Å². The van der Waals surface area contributed by atoms with Gasteiger partial charge in [0.05, 0.1) is 18.2 Å². The quantitative estimate of drug-likeness (QED) is 0.750. The third-order valence-electron chi connectivity index (χ3n) is 3.20. The Kier molecular flexibility index (Phi) is 6.99. The molecule has 5 nitrogen and oxygen atoms in total. The van der Waals surface area contributed by atoms with Gasteiger partial charge in [-0.2, -0.15) is 0 Å². The predicted molar refractivity (Wildman–Crippen MR) is 79.1 cm³/mol. The number of halogens is 3. The Morgan fingerprint density at radius 1 is 1.55 bits per heavy atom. The van der Waals surface area contributed by atoms with Gasteiger partial charge in [-0.1, -0.05) is 0 Å². The molecule has 1 heterocycles. The summed E-state index contributed by atoms with van der Waals surface area (Å²) in [5.74, 6) is -1.75. The zero-order valence-electron chi connectivity index (χ0n) is 12.0. The van der Waals surface area contributed by atoms with Gasteiger partial charge in [0.2, 0.25) is 5.91 Å². The van der Waals surface area contributed by atoms with Crippen molar-refractivity contribution in [2.24, 2.45) is 0 Å². The van der Waals surface area contributed by atoms with E-state index in [1.54, 1.807) is 6.92 Å². The number of nitrogens with one attached hydrogen (secondary N) is 2. The van der Waals surface area contributed by atoms with Crippen molar-refractivity contribution in [3.05, 3.63) is 29.8 Å². The average Bonchev–Trinajstić information content (AvgIpc) is 2.84. The number of rotatable bonds is 5. The van der Waals surface area contributed by atoms with E-state index in [1.807, 2.05) is 0 Å². The van der Waals surface area contributed by atoms with Gasteiger partial charge in [-0.05, 0) is 25.5 Å². The van der Waals surface area contributed by atoms with E-state index in [1.165, 1.54) is 6.07 Å². The number of β-amino-alcohol motifs (C(OH)–C–C–N with tert-alkyl or cyclic N) is 1. The van der Waals surface area contributed by atoms with Crippen LogP contribution in [-0.4, -0.2) is 42.4 Å². The lowest BCUT2D eigenvalue weighted by molar-refractivity contribution is -0.123. The first-order valence-corrected chi connectivity index (χ1v) is 6.75. The number of hydrogen-bond acceptors (Lipinski definition) is 4. The minimum absolute atomic E-state index is 0. The molecule has 8 heteroatoms. The first-order valence-electron chi connectivity index (χ1n) is 6.75. The Morgan fingerprint density at radius 3 is 2.86 bits per heavy atom. The lowest BCUT2D eigenvalue weighted by Gasteiger charge is -2.18. The van der Waals surface area contributed by atoms with Crippen molar-refractivity contribution in [1.82, 2.24) is 10.6 Å². The van der Waals surface area contributed by atoms with Crippen molar-refractivity contribution in [3.63, 3.8) is 0 Å². The average molecular weight is 337 g/mol. The molecule has 1 aliphatic rings. The van der Waals surface area contributed by atoms with E-state index in [-0.39, 0.29) is 36.7 Å². The van der Waals surface area contributed by atoms with E-state index in [9.17, 15) is 18.7 Å².